The van der Waals surface area contributed by atoms with Crippen LogP contribution in [0.15, 0.2) is 36.9 Å². The van der Waals surface area contributed by atoms with Gasteiger partial charge in [-0.15, -0.1) is 0 Å². The van der Waals surface area contributed by atoms with E-state index in [1.165, 1.54) is 12.4 Å². The fraction of sp³-hybridized carbons (Fsp3) is 0.375. The molecule has 2 aromatic rings. The molecular weight excluding hydrogens is 342 g/mol. The van der Waals surface area contributed by atoms with Gasteiger partial charge in [0, 0.05) is 32.0 Å². The lowest BCUT2D eigenvalue weighted by Crippen LogP contribution is -2.33. The summed E-state index contributed by atoms with van der Waals surface area (Å²) in [4.78, 5) is 26.2. The molecule has 1 N–H and O–H groups in total. The first-order chi connectivity index (χ1) is 11.9. The highest BCUT2D eigenvalue weighted by atomic mass is 32.2. The number of rotatable bonds is 5. The highest BCUT2D eigenvalue weighted by molar-refractivity contribution is 7.91. The first-order valence-electron chi connectivity index (χ1n) is 7.87. The fourth-order valence-electron chi connectivity index (χ4n) is 2.66. The molecule has 1 aliphatic heterocycles. The molecule has 1 saturated heterocycles. The summed E-state index contributed by atoms with van der Waals surface area (Å²) in [6.07, 6.45) is 6.79. The van der Waals surface area contributed by atoms with Crippen LogP contribution in [0.2, 0.25) is 0 Å². The van der Waals surface area contributed by atoms with Gasteiger partial charge in [-0.25, -0.2) is 18.4 Å². The van der Waals surface area contributed by atoms with E-state index in [-0.39, 0.29) is 29.1 Å². The average molecular weight is 361 g/mol. The quantitative estimate of drug-likeness (QED) is 0.823. The Balaban J connectivity index is 1.60. The van der Waals surface area contributed by atoms with E-state index in [0.29, 0.717) is 18.8 Å². The van der Waals surface area contributed by atoms with E-state index in [4.69, 9.17) is 0 Å². The minimum atomic E-state index is -2.96. The highest BCUT2D eigenvalue weighted by Crippen LogP contribution is 2.20. The first-order valence-corrected chi connectivity index (χ1v) is 9.69. The summed E-state index contributed by atoms with van der Waals surface area (Å²) in [5.74, 6) is 0.555. The molecule has 9 heteroatoms. The molecule has 1 fully saturated rings. The largest absolute Gasteiger partial charge is 0.354 e. The molecule has 0 aliphatic carbocycles. The van der Waals surface area contributed by atoms with Gasteiger partial charge in [-0.3, -0.25) is 9.78 Å². The topological polar surface area (TPSA) is 105 Å². The number of anilines is 1. The molecule has 0 spiro atoms. The summed E-state index contributed by atoms with van der Waals surface area (Å²) in [6, 6.07) is 3.53. The molecule has 1 aliphatic rings. The maximum atomic E-state index is 12.1. The molecule has 0 saturated carbocycles. The molecule has 0 radical (unpaired) electrons. The number of hydrogen-bond donors (Lipinski definition) is 1. The summed E-state index contributed by atoms with van der Waals surface area (Å²) < 4.78 is 23.2. The van der Waals surface area contributed by atoms with E-state index in [0.717, 1.165) is 5.56 Å². The number of sulfone groups is 1. The number of carbonyl (C=O) groups excluding carboxylic acids is 1. The number of aromatic nitrogens is 3. The second-order valence-electron chi connectivity index (χ2n) is 5.97. The van der Waals surface area contributed by atoms with Gasteiger partial charge in [0.05, 0.1) is 23.9 Å². The third-order valence-electron chi connectivity index (χ3n) is 4.19. The van der Waals surface area contributed by atoms with Gasteiger partial charge in [-0.1, -0.05) is 0 Å². The second-order valence-corrected chi connectivity index (χ2v) is 8.19. The molecule has 2 aromatic heterocycles. The maximum absolute atomic E-state index is 12.1. The van der Waals surface area contributed by atoms with Gasteiger partial charge in [-0.05, 0) is 24.1 Å². The Hall–Kier alpha value is -2.55. The summed E-state index contributed by atoms with van der Waals surface area (Å²) in [5, 5.41) is 2.77. The van der Waals surface area contributed by atoms with Gasteiger partial charge in [0.1, 0.15) is 11.5 Å². The van der Waals surface area contributed by atoms with Crippen LogP contribution >= 0.6 is 0 Å². The van der Waals surface area contributed by atoms with Crippen molar-refractivity contribution in [3.8, 4) is 0 Å². The molecule has 1 unspecified atom stereocenters. The molecule has 25 heavy (non-hydrogen) atoms. The Morgan fingerprint density at radius 1 is 1.28 bits per heavy atom. The summed E-state index contributed by atoms with van der Waals surface area (Å²) in [5.41, 5.74) is 1.15. The number of hydrogen-bond acceptors (Lipinski definition) is 7. The van der Waals surface area contributed by atoms with Crippen LogP contribution in [0.1, 0.15) is 22.5 Å². The number of carbonyl (C=O) groups is 1. The van der Waals surface area contributed by atoms with Crippen LogP contribution in [0.5, 0.6) is 0 Å². The number of nitrogens with one attached hydrogen (secondary N) is 1. The molecule has 8 nitrogen and oxygen atoms in total. The van der Waals surface area contributed by atoms with E-state index in [1.807, 2.05) is 12.1 Å². The van der Waals surface area contributed by atoms with Crippen molar-refractivity contribution < 1.29 is 13.2 Å². The second kappa shape index (κ2) is 7.14. The highest BCUT2D eigenvalue weighted by Gasteiger charge is 2.31. The Labute approximate surface area is 146 Å². The Morgan fingerprint density at radius 2 is 2.04 bits per heavy atom. The molecule has 1 atom stereocenters. The standard InChI is InChI=1S/C16H19N5O3S/c1-21(13-4-7-25(23,24)11-13)15-10-18-14(9-19-15)16(22)20-8-12-2-5-17-6-3-12/h2-3,5-6,9-10,13H,4,7-8,11H2,1H3,(H,20,22). The SMILES string of the molecule is CN(c1cnc(C(=O)NCc2ccncc2)cn1)C1CCS(=O)(=O)C1. The molecular formula is C16H19N5O3S. The smallest absolute Gasteiger partial charge is 0.271 e. The third-order valence-corrected chi connectivity index (χ3v) is 5.94. The zero-order valence-corrected chi connectivity index (χ0v) is 14.6. The van der Waals surface area contributed by atoms with Crippen molar-refractivity contribution in [2.75, 3.05) is 23.5 Å². The Kier molecular flexibility index (Phi) is 4.93. The van der Waals surface area contributed by atoms with Gasteiger partial charge in [0.15, 0.2) is 9.84 Å². The molecule has 3 heterocycles. The van der Waals surface area contributed by atoms with E-state index >= 15 is 0 Å². The van der Waals surface area contributed by atoms with Gasteiger partial charge in [0.25, 0.3) is 5.91 Å². The monoisotopic (exact) mass is 361 g/mol. The molecule has 1 amide bonds. The van der Waals surface area contributed by atoms with Crippen LogP contribution in [-0.4, -0.2) is 53.9 Å². The lowest BCUT2D eigenvalue weighted by molar-refractivity contribution is 0.0945. The first kappa shape index (κ1) is 17.3. The maximum Gasteiger partial charge on any atom is 0.271 e. The van der Waals surface area contributed by atoms with Crippen LogP contribution in [0, 0.1) is 0 Å². The Bertz CT molecular complexity index is 840. The number of amides is 1. The third kappa shape index (κ3) is 4.30. The summed E-state index contributed by atoms with van der Waals surface area (Å²) in [7, 11) is -1.17. The summed E-state index contributed by atoms with van der Waals surface area (Å²) in [6.45, 7) is 0.380. The zero-order chi connectivity index (χ0) is 17.9. The van der Waals surface area contributed by atoms with Gasteiger partial charge >= 0.3 is 0 Å². The van der Waals surface area contributed by atoms with Crippen molar-refractivity contribution in [1.82, 2.24) is 20.3 Å². The van der Waals surface area contributed by atoms with Gasteiger partial charge < -0.3 is 10.2 Å². The van der Waals surface area contributed by atoms with Crippen molar-refractivity contribution in [2.24, 2.45) is 0 Å². The van der Waals surface area contributed by atoms with Crippen LogP contribution in [0.4, 0.5) is 5.82 Å². The van der Waals surface area contributed by atoms with E-state index in [2.05, 4.69) is 20.3 Å². The lowest BCUT2D eigenvalue weighted by Gasteiger charge is -2.23. The van der Waals surface area contributed by atoms with Crippen LogP contribution in [0.3, 0.4) is 0 Å². The van der Waals surface area contributed by atoms with Gasteiger partial charge in [-0.2, -0.15) is 0 Å². The predicted octanol–water partition coefficient (Wildman–Crippen LogP) is 0.425. The normalized spacial score (nSPS) is 18.7. The predicted molar refractivity (Wildman–Crippen MR) is 92.9 cm³/mol. The number of pyridine rings is 1. The molecule has 0 aromatic carbocycles. The van der Waals surface area contributed by atoms with Crippen molar-refractivity contribution in [2.45, 2.75) is 19.0 Å². The number of nitrogens with zero attached hydrogens (tertiary/aromatic N) is 4. The minimum absolute atomic E-state index is 0.106. The van der Waals surface area contributed by atoms with Crippen LogP contribution < -0.4 is 10.2 Å². The molecule has 0 bridgehead atoms. The van der Waals surface area contributed by atoms with E-state index < -0.39 is 9.84 Å². The van der Waals surface area contributed by atoms with E-state index in [1.54, 1.807) is 24.3 Å². The Morgan fingerprint density at radius 3 is 2.64 bits per heavy atom. The lowest BCUT2D eigenvalue weighted by atomic mass is 10.2. The van der Waals surface area contributed by atoms with Crippen LogP contribution in [0.25, 0.3) is 0 Å². The fourth-order valence-corrected chi connectivity index (χ4v) is 4.44. The molecule has 132 valence electrons. The van der Waals surface area contributed by atoms with Crippen LogP contribution in [-0.2, 0) is 16.4 Å². The minimum Gasteiger partial charge on any atom is -0.354 e. The zero-order valence-electron chi connectivity index (χ0n) is 13.8. The van der Waals surface area contributed by atoms with Crippen molar-refractivity contribution in [3.05, 3.63) is 48.2 Å². The van der Waals surface area contributed by atoms with E-state index in [9.17, 15) is 13.2 Å². The van der Waals surface area contributed by atoms with Gasteiger partial charge in [0.2, 0.25) is 0 Å². The van der Waals surface area contributed by atoms with Crippen molar-refractivity contribution in [3.63, 3.8) is 0 Å². The van der Waals surface area contributed by atoms with Crippen molar-refractivity contribution in [1.29, 1.82) is 0 Å². The molecule has 3 rings (SSSR count). The summed E-state index contributed by atoms with van der Waals surface area (Å²) >= 11 is 0. The van der Waals surface area contributed by atoms with Crippen molar-refractivity contribution >= 4 is 21.6 Å². The average Bonchev–Trinajstić information content (AvgIpc) is 3.00.